The molecular weight excluding hydrogens is 408 g/mol. The van der Waals surface area contributed by atoms with Crippen molar-refractivity contribution in [1.29, 1.82) is 0 Å². The van der Waals surface area contributed by atoms with Gasteiger partial charge in [0.1, 0.15) is 5.70 Å². The third-order valence-electron chi connectivity index (χ3n) is 3.98. The largest absolute Gasteiger partial charge is 0.395 e. The molecular formula is C22H19ClN2O3S. The number of benzene rings is 2. The van der Waals surface area contributed by atoms with Crippen LogP contribution in [-0.4, -0.2) is 30.1 Å². The van der Waals surface area contributed by atoms with E-state index < -0.39 is 5.91 Å². The molecule has 2 amide bonds. The minimum Gasteiger partial charge on any atom is -0.395 e. The molecule has 0 radical (unpaired) electrons. The lowest BCUT2D eigenvalue weighted by atomic mass is 10.2. The van der Waals surface area contributed by atoms with Crippen molar-refractivity contribution in [3.63, 3.8) is 0 Å². The van der Waals surface area contributed by atoms with E-state index in [4.69, 9.17) is 16.7 Å². The summed E-state index contributed by atoms with van der Waals surface area (Å²) in [6.45, 7) is -0.103. The van der Waals surface area contributed by atoms with Crippen LogP contribution in [0.3, 0.4) is 0 Å². The lowest BCUT2D eigenvalue weighted by Crippen LogP contribution is -2.36. The van der Waals surface area contributed by atoms with Gasteiger partial charge in [0.25, 0.3) is 11.8 Å². The van der Waals surface area contributed by atoms with Crippen molar-refractivity contribution in [3.8, 4) is 10.4 Å². The van der Waals surface area contributed by atoms with Gasteiger partial charge in [0.2, 0.25) is 0 Å². The molecule has 0 aliphatic heterocycles. The Kier molecular flexibility index (Phi) is 7.19. The molecule has 148 valence electrons. The fourth-order valence-electron chi connectivity index (χ4n) is 2.59. The van der Waals surface area contributed by atoms with Gasteiger partial charge in [-0.1, -0.05) is 48.0 Å². The number of hydrogen-bond acceptors (Lipinski definition) is 4. The molecule has 0 aliphatic rings. The van der Waals surface area contributed by atoms with Crippen LogP contribution in [0.1, 0.15) is 15.2 Å². The van der Waals surface area contributed by atoms with Gasteiger partial charge in [0.05, 0.1) is 6.61 Å². The maximum absolute atomic E-state index is 12.5. The highest BCUT2D eigenvalue weighted by Gasteiger charge is 2.15. The second kappa shape index (κ2) is 10.0. The molecule has 7 heteroatoms. The molecule has 29 heavy (non-hydrogen) atoms. The van der Waals surface area contributed by atoms with E-state index in [1.165, 1.54) is 11.3 Å². The lowest BCUT2D eigenvalue weighted by Gasteiger charge is -2.10. The molecule has 0 saturated carbocycles. The zero-order chi connectivity index (χ0) is 20.6. The van der Waals surface area contributed by atoms with E-state index in [1.807, 2.05) is 42.5 Å². The van der Waals surface area contributed by atoms with Gasteiger partial charge in [-0.05, 0) is 36.4 Å². The summed E-state index contributed by atoms with van der Waals surface area (Å²) in [4.78, 5) is 26.7. The summed E-state index contributed by atoms with van der Waals surface area (Å²) in [6.07, 6.45) is 1.61. The summed E-state index contributed by atoms with van der Waals surface area (Å²) in [5.74, 6) is -0.866. The van der Waals surface area contributed by atoms with E-state index in [0.717, 1.165) is 15.3 Å². The molecule has 0 bridgehead atoms. The first-order valence-electron chi connectivity index (χ1n) is 8.90. The van der Waals surface area contributed by atoms with Crippen LogP contribution in [0.15, 0.2) is 72.4 Å². The molecule has 3 rings (SSSR count). The van der Waals surface area contributed by atoms with Crippen LogP contribution in [-0.2, 0) is 4.79 Å². The molecule has 5 nitrogen and oxygen atoms in total. The quantitative estimate of drug-likeness (QED) is 0.500. The van der Waals surface area contributed by atoms with Gasteiger partial charge in [-0.3, -0.25) is 9.59 Å². The fraction of sp³-hybridized carbons (Fsp3) is 0.0909. The second-order valence-electron chi connectivity index (χ2n) is 6.04. The van der Waals surface area contributed by atoms with Crippen LogP contribution in [0, 0.1) is 0 Å². The molecule has 3 aromatic rings. The van der Waals surface area contributed by atoms with Crippen molar-refractivity contribution in [2.45, 2.75) is 0 Å². The number of aliphatic hydroxyl groups is 1. The lowest BCUT2D eigenvalue weighted by molar-refractivity contribution is -0.117. The van der Waals surface area contributed by atoms with Gasteiger partial charge in [0, 0.05) is 32.4 Å². The van der Waals surface area contributed by atoms with E-state index in [9.17, 15) is 9.59 Å². The van der Waals surface area contributed by atoms with Crippen LogP contribution in [0.25, 0.3) is 16.5 Å². The number of carbonyl (C=O) groups excluding carboxylic acids is 2. The Morgan fingerprint density at radius 2 is 1.72 bits per heavy atom. The first-order chi connectivity index (χ1) is 14.1. The van der Waals surface area contributed by atoms with E-state index in [0.29, 0.717) is 10.6 Å². The standard InChI is InChI=1S/C22H19ClN2O3S/c23-18-9-5-4-8-17(18)20-11-10-16(29-20)14-19(22(28)24-12-13-26)25-21(27)15-6-2-1-3-7-15/h1-11,14,26H,12-13H2,(H,24,28)(H,25,27). The Morgan fingerprint density at radius 1 is 1.00 bits per heavy atom. The number of carbonyl (C=O) groups is 2. The smallest absolute Gasteiger partial charge is 0.267 e. The third-order valence-corrected chi connectivity index (χ3v) is 5.37. The number of halogens is 1. The van der Waals surface area contributed by atoms with E-state index in [-0.39, 0.29) is 24.8 Å². The summed E-state index contributed by atoms with van der Waals surface area (Å²) in [7, 11) is 0. The van der Waals surface area contributed by atoms with Crippen molar-refractivity contribution < 1.29 is 14.7 Å². The number of hydrogen-bond donors (Lipinski definition) is 3. The van der Waals surface area contributed by atoms with Gasteiger partial charge >= 0.3 is 0 Å². The molecule has 0 atom stereocenters. The van der Waals surface area contributed by atoms with E-state index in [1.54, 1.807) is 30.3 Å². The Hall–Kier alpha value is -2.93. The summed E-state index contributed by atoms with van der Waals surface area (Å²) in [5, 5.41) is 14.8. The summed E-state index contributed by atoms with van der Waals surface area (Å²) < 4.78 is 0. The molecule has 3 N–H and O–H groups in total. The Balaban J connectivity index is 1.87. The van der Waals surface area contributed by atoms with Crippen molar-refractivity contribution in [2.24, 2.45) is 0 Å². The third kappa shape index (κ3) is 5.54. The number of nitrogens with one attached hydrogen (secondary N) is 2. The SMILES string of the molecule is O=C(NCCO)C(=Cc1ccc(-c2ccccc2Cl)s1)NC(=O)c1ccccc1. The number of amides is 2. The summed E-state index contributed by atoms with van der Waals surface area (Å²) >= 11 is 7.72. The number of rotatable bonds is 7. The zero-order valence-electron chi connectivity index (χ0n) is 15.4. The maximum Gasteiger partial charge on any atom is 0.267 e. The van der Waals surface area contributed by atoms with Gasteiger partial charge in [-0.2, -0.15) is 0 Å². The molecule has 0 fully saturated rings. The molecule has 1 heterocycles. The van der Waals surface area contributed by atoms with Crippen LogP contribution >= 0.6 is 22.9 Å². The second-order valence-corrected chi connectivity index (χ2v) is 7.56. The van der Waals surface area contributed by atoms with Crippen molar-refractivity contribution in [2.75, 3.05) is 13.2 Å². The highest BCUT2D eigenvalue weighted by molar-refractivity contribution is 7.16. The van der Waals surface area contributed by atoms with E-state index >= 15 is 0 Å². The summed E-state index contributed by atoms with van der Waals surface area (Å²) in [5.41, 5.74) is 1.44. The topological polar surface area (TPSA) is 78.4 Å². The Morgan fingerprint density at radius 3 is 2.45 bits per heavy atom. The molecule has 0 saturated heterocycles. The maximum atomic E-state index is 12.5. The zero-order valence-corrected chi connectivity index (χ0v) is 17.0. The molecule has 0 unspecified atom stereocenters. The predicted molar refractivity (Wildman–Crippen MR) is 117 cm³/mol. The fourth-order valence-corrected chi connectivity index (χ4v) is 3.87. The van der Waals surface area contributed by atoms with Crippen LogP contribution in [0.5, 0.6) is 0 Å². The Bertz CT molecular complexity index is 1030. The first kappa shape index (κ1) is 20.8. The van der Waals surface area contributed by atoms with E-state index in [2.05, 4.69) is 10.6 Å². The minimum absolute atomic E-state index is 0.0900. The minimum atomic E-state index is -0.476. The first-order valence-corrected chi connectivity index (χ1v) is 10.1. The van der Waals surface area contributed by atoms with Gasteiger partial charge in [0.15, 0.2) is 0 Å². The highest BCUT2D eigenvalue weighted by atomic mass is 35.5. The van der Waals surface area contributed by atoms with Crippen molar-refractivity contribution >= 4 is 40.8 Å². The van der Waals surface area contributed by atoms with Gasteiger partial charge in [-0.15, -0.1) is 11.3 Å². The highest BCUT2D eigenvalue weighted by Crippen LogP contribution is 2.33. The van der Waals surface area contributed by atoms with Gasteiger partial charge < -0.3 is 15.7 Å². The predicted octanol–water partition coefficient (Wildman–Crippen LogP) is 3.95. The molecule has 1 aromatic heterocycles. The molecule has 0 aliphatic carbocycles. The molecule has 0 spiro atoms. The Labute approximate surface area is 177 Å². The van der Waals surface area contributed by atoms with Crippen LogP contribution < -0.4 is 10.6 Å². The summed E-state index contributed by atoms with van der Waals surface area (Å²) in [6, 6.07) is 19.9. The average molecular weight is 427 g/mol. The van der Waals surface area contributed by atoms with Gasteiger partial charge in [-0.25, -0.2) is 0 Å². The molecule has 2 aromatic carbocycles. The van der Waals surface area contributed by atoms with Crippen molar-refractivity contribution in [1.82, 2.24) is 10.6 Å². The monoisotopic (exact) mass is 426 g/mol. The van der Waals surface area contributed by atoms with Crippen LogP contribution in [0.4, 0.5) is 0 Å². The van der Waals surface area contributed by atoms with Crippen molar-refractivity contribution in [3.05, 3.63) is 87.9 Å². The normalized spacial score (nSPS) is 11.2. The van der Waals surface area contributed by atoms with Crippen LogP contribution in [0.2, 0.25) is 5.02 Å². The average Bonchev–Trinajstić information content (AvgIpc) is 3.20. The number of aliphatic hydroxyl groups excluding tert-OH is 1. The number of thiophene rings is 1.